The van der Waals surface area contributed by atoms with Gasteiger partial charge in [-0.25, -0.2) is 4.98 Å². The number of aromatic nitrogens is 1. The van der Waals surface area contributed by atoms with Crippen LogP contribution >= 0.6 is 11.3 Å². The van der Waals surface area contributed by atoms with E-state index in [9.17, 15) is 4.79 Å². The number of carbonyl (C=O) groups excluding carboxylic acids is 1. The number of rotatable bonds is 7. The molecule has 0 spiro atoms. The van der Waals surface area contributed by atoms with Crippen LogP contribution in [-0.4, -0.2) is 17.4 Å². The average molecular weight is 255 g/mol. The highest BCUT2D eigenvalue weighted by molar-refractivity contribution is 7.15. The largest absolute Gasteiger partial charge is 0.330 e. The summed E-state index contributed by atoms with van der Waals surface area (Å²) in [6, 6.07) is 0. The Balaban J connectivity index is 2.29. The minimum Gasteiger partial charge on any atom is -0.330 e. The third-order valence-electron chi connectivity index (χ3n) is 2.45. The van der Waals surface area contributed by atoms with Crippen molar-refractivity contribution in [1.82, 2.24) is 4.98 Å². The first-order valence-corrected chi connectivity index (χ1v) is 6.90. The SMILES string of the molecule is CC(C)c1cnc(NC(=O)CCCCCN)s1. The molecule has 1 aromatic rings. The molecule has 0 aliphatic rings. The Labute approximate surface area is 107 Å². The summed E-state index contributed by atoms with van der Waals surface area (Å²) in [5, 5.41) is 3.54. The molecule has 1 amide bonds. The predicted molar refractivity (Wildman–Crippen MR) is 72.4 cm³/mol. The minimum atomic E-state index is 0.0478. The molecule has 3 N–H and O–H groups in total. The van der Waals surface area contributed by atoms with Gasteiger partial charge in [0.15, 0.2) is 5.13 Å². The molecule has 17 heavy (non-hydrogen) atoms. The molecule has 0 radical (unpaired) electrons. The van der Waals surface area contributed by atoms with E-state index in [1.165, 1.54) is 4.88 Å². The van der Waals surface area contributed by atoms with Crippen molar-refractivity contribution in [2.24, 2.45) is 5.73 Å². The fourth-order valence-corrected chi connectivity index (χ4v) is 2.23. The maximum atomic E-state index is 11.6. The van der Waals surface area contributed by atoms with E-state index in [1.807, 2.05) is 6.20 Å². The van der Waals surface area contributed by atoms with Crippen molar-refractivity contribution in [3.05, 3.63) is 11.1 Å². The van der Waals surface area contributed by atoms with Crippen LogP contribution in [0.2, 0.25) is 0 Å². The molecule has 0 saturated carbocycles. The minimum absolute atomic E-state index is 0.0478. The first-order chi connectivity index (χ1) is 8.13. The van der Waals surface area contributed by atoms with E-state index in [1.54, 1.807) is 11.3 Å². The lowest BCUT2D eigenvalue weighted by Crippen LogP contribution is -2.11. The Morgan fingerprint density at radius 2 is 2.24 bits per heavy atom. The van der Waals surface area contributed by atoms with Crippen molar-refractivity contribution in [1.29, 1.82) is 0 Å². The van der Waals surface area contributed by atoms with E-state index in [0.29, 0.717) is 24.0 Å². The van der Waals surface area contributed by atoms with Gasteiger partial charge >= 0.3 is 0 Å². The quantitative estimate of drug-likeness (QED) is 0.736. The fourth-order valence-electron chi connectivity index (χ4n) is 1.40. The van der Waals surface area contributed by atoms with Crippen molar-refractivity contribution >= 4 is 22.4 Å². The number of nitrogens with one attached hydrogen (secondary N) is 1. The number of hydrogen-bond donors (Lipinski definition) is 2. The Morgan fingerprint density at radius 1 is 1.47 bits per heavy atom. The molecular weight excluding hydrogens is 234 g/mol. The van der Waals surface area contributed by atoms with Gasteiger partial charge in [0.2, 0.25) is 5.91 Å². The number of hydrogen-bond acceptors (Lipinski definition) is 4. The second-order valence-corrected chi connectivity index (χ2v) is 5.43. The molecule has 0 aromatic carbocycles. The molecule has 0 bridgehead atoms. The number of thiazole rings is 1. The first kappa shape index (κ1) is 14.1. The van der Waals surface area contributed by atoms with E-state index < -0.39 is 0 Å². The van der Waals surface area contributed by atoms with Crippen molar-refractivity contribution in [2.45, 2.75) is 45.4 Å². The Bertz CT molecular complexity index is 349. The van der Waals surface area contributed by atoms with Gasteiger partial charge in [0, 0.05) is 17.5 Å². The molecule has 0 atom stereocenters. The van der Waals surface area contributed by atoms with Gasteiger partial charge in [0.05, 0.1) is 0 Å². The molecule has 0 unspecified atom stereocenters. The van der Waals surface area contributed by atoms with E-state index in [-0.39, 0.29) is 5.91 Å². The summed E-state index contributed by atoms with van der Waals surface area (Å²) in [5.41, 5.74) is 5.39. The molecule has 1 heterocycles. The number of anilines is 1. The zero-order chi connectivity index (χ0) is 12.7. The molecule has 0 fully saturated rings. The molecule has 5 heteroatoms. The predicted octanol–water partition coefficient (Wildman–Crippen LogP) is 2.72. The summed E-state index contributed by atoms with van der Waals surface area (Å²) >= 11 is 1.55. The van der Waals surface area contributed by atoms with Gasteiger partial charge in [-0.05, 0) is 25.3 Å². The van der Waals surface area contributed by atoms with Crippen LogP contribution in [0.15, 0.2) is 6.20 Å². The van der Waals surface area contributed by atoms with Gasteiger partial charge in [0.25, 0.3) is 0 Å². The van der Waals surface area contributed by atoms with Gasteiger partial charge < -0.3 is 11.1 Å². The summed E-state index contributed by atoms with van der Waals surface area (Å²) < 4.78 is 0. The molecule has 96 valence electrons. The lowest BCUT2D eigenvalue weighted by Gasteiger charge is -2.01. The molecular formula is C12H21N3OS. The summed E-state index contributed by atoms with van der Waals surface area (Å²) in [6.07, 6.45) is 5.28. The maximum absolute atomic E-state index is 11.6. The second-order valence-electron chi connectivity index (χ2n) is 4.37. The van der Waals surface area contributed by atoms with Gasteiger partial charge in [0.1, 0.15) is 0 Å². The molecule has 0 aliphatic carbocycles. The van der Waals surface area contributed by atoms with Crippen molar-refractivity contribution in [3.8, 4) is 0 Å². The summed E-state index contributed by atoms with van der Waals surface area (Å²) in [7, 11) is 0. The third kappa shape index (κ3) is 5.28. The van der Waals surface area contributed by atoms with E-state index in [0.717, 1.165) is 19.3 Å². The Kier molecular flexibility index (Phi) is 6.15. The summed E-state index contributed by atoms with van der Waals surface area (Å²) in [5.74, 6) is 0.509. The van der Waals surface area contributed by atoms with E-state index in [2.05, 4.69) is 24.1 Å². The van der Waals surface area contributed by atoms with Crippen molar-refractivity contribution in [2.75, 3.05) is 11.9 Å². The van der Waals surface area contributed by atoms with E-state index >= 15 is 0 Å². The van der Waals surface area contributed by atoms with Crippen LogP contribution in [0.1, 0.15) is 50.3 Å². The van der Waals surface area contributed by atoms with Gasteiger partial charge in [-0.1, -0.05) is 20.3 Å². The second kappa shape index (κ2) is 7.40. The molecule has 0 saturated heterocycles. The standard InChI is InChI=1S/C12H21N3OS/c1-9(2)10-8-14-12(17-10)15-11(16)6-4-3-5-7-13/h8-9H,3-7,13H2,1-2H3,(H,14,15,16). The summed E-state index contributed by atoms with van der Waals surface area (Å²) in [4.78, 5) is 17.0. The number of nitrogens with two attached hydrogens (primary N) is 1. The topological polar surface area (TPSA) is 68.0 Å². The van der Waals surface area contributed by atoms with Crippen molar-refractivity contribution < 1.29 is 4.79 Å². The molecule has 1 rings (SSSR count). The number of amides is 1. The number of unbranched alkanes of at least 4 members (excludes halogenated alkanes) is 2. The summed E-state index contributed by atoms with van der Waals surface area (Å²) in [6.45, 7) is 4.93. The molecule has 4 nitrogen and oxygen atoms in total. The van der Waals surface area contributed by atoms with Gasteiger partial charge in [-0.2, -0.15) is 0 Å². The third-order valence-corrected chi connectivity index (χ3v) is 3.66. The van der Waals surface area contributed by atoms with Crippen LogP contribution in [-0.2, 0) is 4.79 Å². The fraction of sp³-hybridized carbons (Fsp3) is 0.667. The lowest BCUT2D eigenvalue weighted by atomic mass is 10.2. The van der Waals surface area contributed by atoms with Crippen LogP contribution < -0.4 is 11.1 Å². The molecule has 1 aromatic heterocycles. The molecule has 0 aliphatic heterocycles. The van der Waals surface area contributed by atoms with Gasteiger partial charge in [-0.3, -0.25) is 4.79 Å². The van der Waals surface area contributed by atoms with Crippen LogP contribution in [0, 0.1) is 0 Å². The zero-order valence-corrected chi connectivity index (χ0v) is 11.3. The number of nitrogens with zero attached hydrogens (tertiary/aromatic N) is 1. The average Bonchev–Trinajstić information content (AvgIpc) is 2.73. The van der Waals surface area contributed by atoms with Crippen LogP contribution in [0.5, 0.6) is 0 Å². The monoisotopic (exact) mass is 255 g/mol. The Hall–Kier alpha value is -0.940. The van der Waals surface area contributed by atoms with Crippen LogP contribution in [0.25, 0.3) is 0 Å². The highest BCUT2D eigenvalue weighted by Gasteiger charge is 2.08. The van der Waals surface area contributed by atoms with Crippen molar-refractivity contribution in [3.63, 3.8) is 0 Å². The van der Waals surface area contributed by atoms with Crippen LogP contribution in [0.4, 0.5) is 5.13 Å². The highest BCUT2D eigenvalue weighted by Crippen LogP contribution is 2.25. The smallest absolute Gasteiger partial charge is 0.226 e. The lowest BCUT2D eigenvalue weighted by molar-refractivity contribution is -0.116. The highest BCUT2D eigenvalue weighted by atomic mass is 32.1. The van der Waals surface area contributed by atoms with E-state index in [4.69, 9.17) is 5.73 Å². The van der Waals surface area contributed by atoms with Gasteiger partial charge in [-0.15, -0.1) is 11.3 Å². The Morgan fingerprint density at radius 3 is 2.82 bits per heavy atom. The maximum Gasteiger partial charge on any atom is 0.226 e. The van der Waals surface area contributed by atoms with Crippen LogP contribution in [0.3, 0.4) is 0 Å². The number of carbonyl (C=O) groups is 1. The normalized spacial score (nSPS) is 10.8. The zero-order valence-electron chi connectivity index (χ0n) is 10.5. The first-order valence-electron chi connectivity index (χ1n) is 6.09.